The molecular weight excluding hydrogens is 416 g/mol. The number of sulfonamides is 1. The number of halogens is 2. The van der Waals surface area contributed by atoms with Gasteiger partial charge in [-0.05, 0) is 36.2 Å². The lowest BCUT2D eigenvalue weighted by Crippen LogP contribution is -2.28. The summed E-state index contributed by atoms with van der Waals surface area (Å²) < 4.78 is 55.5. The molecular formula is C20H21F2N3O4S. The zero-order valence-corrected chi connectivity index (χ0v) is 16.9. The minimum atomic E-state index is -3.87. The third kappa shape index (κ3) is 4.82. The van der Waals surface area contributed by atoms with Gasteiger partial charge in [-0.15, -0.1) is 0 Å². The van der Waals surface area contributed by atoms with Crippen LogP contribution >= 0.6 is 0 Å². The van der Waals surface area contributed by atoms with Crippen LogP contribution in [-0.4, -0.2) is 35.6 Å². The predicted molar refractivity (Wildman–Crippen MR) is 107 cm³/mol. The van der Waals surface area contributed by atoms with E-state index in [9.17, 15) is 22.0 Å². The topological polar surface area (TPSA) is 101 Å². The highest BCUT2D eigenvalue weighted by atomic mass is 32.2. The summed E-state index contributed by atoms with van der Waals surface area (Å²) in [6, 6.07) is 12.4. The Morgan fingerprint density at radius 2 is 1.83 bits per heavy atom. The van der Waals surface area contributed by atoms with Crippen LogP contribution in [0.25, 0.3) is 11.0 Å². The molecule has 0 radical (unpaired) electrons. The monoisotopic (exact) mass is 437 g/mol. The van der Waals surface area contributed by atoms with Crippen LogP contribution in [-0.2, 0) is 21.2 Å². The Hall–Kier alpha value is -2.85. The van der Waals surface area contributed by atoms with Crippen molar-refractivity contribution in [2.75, 3.05) is 6.54 Å². The van der Waals surface area contributed by atoms with Crippen LogP contribution in [0.15, 0.2) is 53.4 Å². The van der Waals surface area contributed by atoms with Crippen LogP contribution in [0.5, 0.6) is 0 Å². The SMILES string of the molecule is C[C@@H](CNS(=O)(=O)c1ccc(CCC(=O)O)cc1)c1nc2ccccc2n1C(F)F. The lowest BCUT2D eigenvalue weighted by molar-refractivity contribution is -0.136. The number of fused-ring (bicyclic) bond motifs is 1. The van der Waals surface area contributed by atoms with Gasteiger partial charge in [0.1, 0.15) is 5.82 Å². The van der Waals surface area contributed by atoms with Gasteiger partial charge in [0.15, 0.2) is 0 Å². The number of carboxylic acids is 1. The number of rotatable bonds is 9. The highest BCUT2D eigenvalue weighted by Crippen LogP contribution is 2.27. The Bertz CT molecular complexity index is 1140. The molecule has 0 saturated heterocycles. The molecule has 0 aliphatic carbocycles. The van der Waals surface area contributed by atoms with Crippen molar-refractivity contribution < 1.29 is 27.1 Å². The number of carboxylic acid groups (broad SMARTS) is 1. The average Bonchev–Trinajstić information content (AvgIpc) is 3.11. The second kappa shape index (κ2) is 8.88. The summed E-state index contributed by atoms with van der Waals surface area (Å²) in [6.07, 6.45) is 0.247. The third-order valence-corrected chi connectivity index (χ3v) is 6.14. The van der Waals surface area contributed by atoms with Crippen molar-refractivity contribution in [3.63, 3.8) is 0 Å². The van der Waals surface area contributed by atoms with E-state index in [1.807, 2.05) is 0 Å². The Labute approximate surface area is 172 Å². The maximum atomic E-state index is 13.6. The van der Waals surface area contributed by atoms with Gasteiger partial charge in [0.25, 0.3) is 0 Å². The summed E-state index contributed by atoms with van der Waals surface area (Å²) in [5.74, 6) is -1.44. The van der Waals surface area contributed by atoms with Crippen LogP contribution in [0.3, 0.4) is 0 Å². The number of benzene rings is 2. The summed E-state index contributed by atoms with van der Waals surface area (Å²) >= 11 is 0. The molecule has 1 aromatic heterocycles. The summed E-state index contributed by atoms with van der Waals surface area (Å²) in [4.78, 5) is 14.9. The number of alkyl halides is 2. The van der Waals surface area contributed by atoms with Gasteiger partial charge in [0.05, 0.1) is 15.9 Å². The summed E-state index contributed by atoms with van der Waals surface area (Å²) in [5.41, 5.74) is 1.41. The average molecular weight is 437 g/mol. The molecule has 0 saturated carbocycles. The van der Waals surface area contributed by atoms with Crippen molar-refractivity contribution in [3.05, 3.63) is 59.9 Å². The summed E-state index contributed by atoms with van der Waals surface area (Å²) in [5, 5.41) is 8.71. The molecule has 1 heterocycles. The van der Waals surface area contributed by atoms with Gasteiger partial charge in [-0.3, -0.25) is 9.36 Å². The van der Waals surface area contributed by atoms with E-state index in [0.717, 1.165) is 4.57 Å². The molecule has 0 bridgehead atoms. The van der Waals surface area contributed by atoms with Crippen molar-refractivity contribution in [1.29, 1.82) is 0 Å². The van der Waals surface area contributed by atoms with E-state index in [1.54, 1.807) is 43.3 Å². The first-order valence-electron chi connectivity index (χ1n) is 9.24. The van der Waals surface area contributed by atoms with Crippen molar-refractivity contribution in [1.82, 2.24) is 14.3 Å². The van der Waals surface area contributed by atoms with Gasteiger partial charge < -0.3 is 5.11 Å². The Kier molecular flexibility index (Phi) is 6.47. The fourth-order valence-corrected chi connectivity index (χ4v) is 4.24. The minimum Gasteiger partial charge on any atom is -0.481 e. The van der Waals surface area contributed by atoms with Crippen LogP contribution in [0.4, 0.5) is 8.78 Å². The maximum absolute atomic E-state index is 13.6. The van der Waals surface area contributed by atoms with Crippen molar-refractivity contribution in [2.24, 2.45) is 0 Å². The molecule has 160 valence electrons. The van der Waals surface area contributed by atoms with E-state index in [0.29, 0.717) is 17.5 Å². The van der Waals surface area contributed by atoms with Gasteiger partial charge in [-0.2, -0.15) is 8.78 Å². The van der Waals surface area contributed by atoms with E-state index in [4.69, 9.17) is 5.11 Å². The number of nitrogens with one attached hydrogen (secondary N) is 1. The van der Waals surface area contributed by atoms with E-state index in [2.05, 4.69) is 9.71 Å². The molecule has 0 unspecified atom stereocenters. The molecule has 0 fully saturated rings. The highest BCUT2D eigenvalue weighted by Gasteiger charge is 2.23. The normalized spacial score (nSPS) is 13.1. The van der Waals surface area contributed by atoms with E-state index in [1.165, 1.54) is 12.1 Å². The van der Waals surface area contributed by atoms with Crippen molar-refractivity contribution in [2.45, 2.75) is 37.1 Å². The van der Waals surface area contributed by atoms with Crippen LogP contribution in [0, 0.1) is 0 Å². The van der Waals surface area contributed by atoms with Gasteiger partial charge in [-0.1, -0.05) is 31.2 Å². The first-order valence-corrected chi connectivity index (χ1v) is 10.7. The number of imidazole rings is 1. The quantitative estimate of drug-likeness (QED) is 0.533. The van der Waals surface area contributed by atoms with E-state index in [-0.39, 0.29) is 29.2 Å². The molecule has 0 amide bonds. The van der Waals surface area contributed by atoms with Gasteiger partial charge in [-0.25, -0.2) is 18.1 Å². The number of carbonyl (C=O) groups is 1. The molecule has 1 atom stereocenters. The predicted octanol–water partition coefficient (Wildman–Crippen LogP) is 3.53. The molecule has 10 heteroatoms. The number of hydrogen-bond acceptors (Lipinski definition) is 4. The van der Waals surface area contributed by atoms with Gasteiger partial charge in [0, 0.05) is 18.9 Å². The summed E-state index contributed by atoms with van der Waals surface area (Å²) in [6.45, 7) is -1.29. The van der Waals surface area contributed by atoms with Crippen molar-refractivity contribution >= 4 is 27.0 Å². The van der Waals surface area contributed by atoms with Crippen LogP contribution in [0.2, 0.25) is 0 Å². The molecule has 3 aromatic rings. The Morgan fingerprint density at radius 1 is 1.17 bits per heavy atom. The fraction of sp³-hybridized carbons (Fsp3) is 0.300. The molecule has 30 heavy (non-hydrogen) atoms. The number of para-hydroxylation sites is 2. The minimum absolute atomic E-state index is 0.0103. The van der Waals surface area contributed by atoms with Crippen LogP contribution < -0.4 is 4.72 Å². The largest absolute Gasteiger partial charge is 0.481 e. The van der Waals surface area contributed by atoms with Gasteiger partial charge >= 0.3 is 12.5 Å². The number of aryl methyl sites for hydroxylation is 1. The Morgan fingerprint density at radius 3 is 2.47 bits per heavy atom. The molecule has 2 aromatic carbocycles. The molecule has 0 aliphatic rings. The van der Waals surface area contributed by atoms with Gasteiger partial charge in [0.2, 0.25) is 10.0 Å². The third-order valence-electron chi connectivity index (χ3n) is 4.70. The molecule has 2 N–H and O–H groups in total. The number of aliphatic carboxylic acids is 1. The maximum Gasteiger partial charge on any atom is 0.320 e. The lowest BCUT2D eigenvalue weighted by Gasteiger charge is -2.15. The zero-order valence-electron chi connectivity index (χ0n) is 16.1. The lowest BCUT2D eigenvalue weighted by atomic mass is 10.1. The number of nitrogens with zero attached hydrogens (tertiary/aromatic N) is 2. The number of aromatic nitrogens is 2. The second-order valence-electron chi connectivity index (χ2n) is 6.90. The van der Waals surface area contributed by atoms with Crippen molar-refractivity contribution in [3.8, 4) is 0 Å². The van der Waals surface area contributed by atoms with E-state index < -0.39 is 28.5 Å². The molecule has 0 aliphatic heterocycles. The smallest absolute Gasteiger partial charge is 0.320 e. The zero-order chi connectivity index (χ0) is 21.9. The Balaban J connectivity index is 1.74. The highest BCUT2D eigenvalue weighted by molar-refractivity contribution is 7.89. The fourth-order valence-electron chi connectivity index (χ4n) is 3.11. The number of hydrogen-bond donors (Lipinski definition) is 2. The second-order valence-corrected chi connectivity index (χ2v) is 8.66. The first kappa shape index (κ1) is 21.8. The molecule has 0 spiro atoms. The molecule has 7 nitrogen and oxygen atoms in total. The van der Waals surface area contributed by atoms with E-state index >= 15 is 0 Å². The first-order chi connectivity index (χ1) is 14.2. The van der Waals surface area contributed by atoms with Crippen LogP contribution in [0.1, 0.15) is 37.2 Å². The molecule has 3 rings (SSSR count). The standard InChI is InChI=1S/C20H21F2N3O4S/c1-13(19-24-16-4-2-3-5-17(16)25(19)20(21)22)12-23-30(28,29)15-9-6-14(7-10-15)8-11-18(26)27/h2-7,9-10,13,20,23H,8,11-12H2,1H3,(H,26,27)/t13-/m0/s1. The summed E-state index contributed by atoms with van der Waals surface area (Å²) in [7, 11) is -3.87.